The Morgan fingerprint density at radius 2 is 2.19 bits per heavy atom. The molecule has 0 aliphatic carbocycles. The zero-order valence-corrected chi connectivity index (χ0v) is 13.6. The molecule has 1 amide bonds. The van der Waals surface area contributed by atoms with Crippen LogP contribution in [0.25, 0.3) is 5.65 Å². The fourth-order valence-electron chi connectivity index (χ4n) is 3.07. The molecule has 0 radical (unpaired) electrons. The lowest BCUT2D eigenvalue weighted by atomic mass is 9.97. The molecule has 1 saturated heterocycles. The Morgan fingerprint density at radius 1 is 1.42 bits per heavy atom. The summed E-state index contributed by atoms with van der Waals surface area (Å²) in [5, 5.41) is 13.4. The van der Waals surface area contributed by atoms with Gasteiger partial charge >= 0.3 is 12.0 Å². The number of piperidine rings is 1. The van der Waals surface area contributed by atoms with Crippen molar-refractivity contribution in [3.8, 4) is 0 Å². The number of imidazole rings is 1. The van der Waals surface area contributed by atoms with Gasteiger partial charge in [0.1, 0.15) is 6.54 Å². The van der Waals surface area contributed by atoms with Gasteiger partial charge in [0, 0.05) is 19.2 Å². The summed E-state index contributed by atoms with van der Waals surface area (Å²) in [5.74, 6) is -1.50. The largest absolute Gasteiger partial charge is 0.405 e. The van der Waals surface area contributed by atoms with Crippen LogP contribution in [0, 0.1) is 16.0 Å². The number of hydrogen-bond donors (Lipinski definition) is 1. The molecular weight excluding hydrogens is 355 g/mol. The summed E-state index contributed by atoms with van der Waals surface area (Å²) >= 11 is 0. The van der Waals surface area contributed by atoms with Crippen molar-refractivity contribution in [2.24, 2.45) is 5.92 Å². The van der Waals surface area contributed by atoms with Crippen molar-refractivity contribution in [2.75, 3.05) is 24.5 Å². The van der Waals surface area contributed by atoms with Gasteiger partial charge in [-0.3, -0.25) is 4.79 Å². The molecule has 1 unspecified atom stereocenters. The highest BCUT2D eigenvalue weighted by Crippen LogP contribution is 2.32. The summed E-state index contributed by atoms with van der Waals surface area (Å²) in [6.45, 7) is -0.876. The topological polar surface area (TPSA) is 92.8 Å². The lowest BCUT2D eigenvalue weighted by Crippen LogP contribution is -2.45. The number of rotatable bonds is 4. The second-order valence-corrected chi connectivity index (χ2v) is 6.06. The monoisotopic (exact) mass is 371 g/mol. The van der Waals surface area contributed by atoms with Crippen molar-refractivity contribution < 1.29 is 22.9 Å². The standard InChI is InChI=1S/C15H16F3N5O3/c16-15(17,18)9-19-13(24)10-4-3-6-21(8-10)12-14(23(25)26)22-7-2-1-5-11(22)20-12/h1-2,5,7,10H,3-4,6,8-9H2,(H,19,24). The molecule has 3 heterocycles. The van der Waals surface area contributed by atoms with E-state index in [0.29, 0.717) is 25.0 Å². The van der Waals surface area contributed by atoms with Crippen molar-refractivity contribution in [2.45, 2.75) is 19.0 Å². The highest BCUT2D eigenvalue weighted by Gasteiger charge is 2.34. The molecular formula is C15H16F3N5O3. The Morgan fingerprint density at radius 3 is 2.88 bits per heavy atom. The van der Waals surface area contributed by atoms with Gasteiger partial charge in [0.15, 0.2) is 0 Å². The van der Waals surface area contributed by atoms with Crippen LogP contribution < -0.4 is 10.2 Å². The minimum absolute atomic E-state index is 0.0778. The molecule has 26 heavy (non-hydrogen) atoms. The number of pyridine rings is 1. The van der Waals surface area contributed by atoms with E-state index < -0.39 is 29.5 Å². The summed E-state index contributed by atoms with van der Waals surface area (Å²) in [7, 11) is 0. The number of aromatic nitrogens is 2. The fourth-order valence-corrected chi connectivity index (χ4v) is 3.07. The summed E-state index contributed by atoms with van der Waals surface area (Å²) in [5.41, 5.74) is 0.387. The number of halogens is 3. The number of carbonyl (C=O) groups excluding carboxylic acids is 1. The van der Waals surface area contributed by atoms with E-state index in [9.17, 15) is 28.1 Å². The average molecular weight is 371 g/mol. The first-order chi connectivity index (χ1) is 12.3. The number of nitro groups is 1. The van der Waals surface area contributed by atoms with Gasteiger partial charge in [-0.05, 0) is 23.8 Å². The lowest BCUT2D eigenvalue weighted by Gasteiger charge is -2.31. The van der Waals surface area contributed by atoms with Crippen molar-refractivity contribution in [1.29, 1.82) is 0 Å². The van der Waals surface area contributed by atoms with E-state index in [1.54, 1.807) is 23.1 Å². The maximum absolute atomic E-state index is 12.3. The summed E-state index contributed by atoms with van der Waals surface area (Å²) in [4.78, 5) is 28.8. The second kappa shape index (κ2) is 6.81. The maximum atomic E-state index is 12.3. The zero-order valence-electron chi connectivity index (χ0n) is 13.6. The van der Waals surface area contributed by atoms with Gasteiger partial charge in [-0.25, -0.2) is 0 Å². The molecule has 0 saturated carbocycles. The number of nitrogens with one attached hydrogen (secondary N) is 1. The van der Waals surface area contributed by atoms with E-state index >= 15 is 0 Å². The van der Waals surface area contributed by atoms with Gasteiger partial charge in [0.2, 0.25) is 17.4 Å². The van der Waals surface area contributed by atoms with Crippen molar-refractivity contribution in [3.63, 3.8) is 0 Å². The molecule has 2 aromatic heterocycles. The van der Waals surface area contributed by atoms with Crippen LogP contribution in [0.3, 0.4) is 0 Å². The molecule has 1 fully saturated rings. The summed E-state index contributed by atoms with van der Waals surface area (Å²) in [6.07, 6.45) is -2.03. The third-order valence-electron chi connectivity index (χ3n) is 4.21. The molecule has 3 rings (SSSR count). The Bertz CT molecular complexity index is 836. The first-order valence-electron chi connectivity index (χ1n) is 7.97. The maximum Gasteiger partial charge on any atom is 0.405 e. The van der Waals surface area contributed by atoms with Crippen LogP contribution in [0.1, 0.15) is 12.8 Å². The van der Waals surface area contributed by atoms with Crippen LogP contribution in [-0.4, -0.2) is 46.0 Å². The Hall–Kier alpha value is -2.85. The second-order valence-electron chi connectivity index (χ2n) is 6.06. The zero-order chi connectivity index (χ0) is 18.9. The molecule has 1 atom stereocenters. The number of hydrogen-bond acceptors (Lipinski definition) is 5. The molecule has 0 aromatic carbocycles. The first-order valence-corrected chi connectivity index (χ1v) is 7.97. The van der Waals surface area contributed by atoms with Gasteiger partial charge in [0.25, 0.3) is 0 Å². The molecule has 0 bridgehead atoms. The minimum Gasteiger partial charge on any atom is -0.358 e. The van der Waals surface area contributed by atoms with Gasteiger partial charge in [0.05, 0.1) is 12.1 Å². The Labute approximate surface area is 145 Å². The van der Waals surface area contributed by atoms with Gasteiger partial charge in [-0.2, -0.15) is 22.6 Å². The number of alkyl halides is 3. The van der Waals surface area contributed by atoms with Crippen LogP contribution >= 0.6 is 0 Å². The van der Waals surface area contributed by atoms with Gasteiger partial charge < -0.3 is 20.3 Å². The van der Waals surface area contributed by atoms with Crippen molar-refractivity contribution in [3.05, 3.63) is 34.5 Å². The van der Waals surface area contributed by atoms with Crippen LogP contribution in [0.15, 0.2) is 24.4 Å². The number of fused-ring (bicyclic) bond motifs is 1. The fraction of sp³-hybridized carbons (Fsp3) is 0.467. The molecule has 1 N–H and O–H groups in total. The molecule has 2 aromatic rings. The predicted octanol–water partition coefficient (Wildman–Crippen LogP) is 2.14. The van der Waals surface area contributed by atoms with Crippen LogP contribution in [-0.2, 0) is 4.79 Å². The van der Waals surface area contributed by atoms with Gasteiger partial charge in [-0.1, -0.05) is 6.07 Å². The van der Waals surface area contributed by atoms with E-state index in [1.807, 2.05) is 5.32 Å². The highest BCUT2D eigenvalue weighted by atomic mass is 19.4. The van der Waals surface area contributed by atoms with Gasteiger partial charge in [-0.15, -0.1) is 0 Å². The Balaban J connectivity index is 1.82. The lowest BCUT2D eigenvalue weighted by molar-refractivity contribution is -0.389. The molecule has 0 spiro atoms. The van der Waals surface area contributed by atoms with Crippen molar-refractivity contribution in [1.82, 2.24) is 14.7 Å². The molecule has 1 aliphatic rings. The van der Waals surface area contributed by atoms with Crippen molar-refractivity contribution >= 4 is 23.2 Å². The Kier molecular flexibility index (Phi) is 4.70. The molecule has 1 aliphatic heterocycles. The summed E-state index contributed by atoms with van der Waals surface area (Å²) < 4.78 is 38.2. The summed E-state index contributed by atoms with van der Waals surface area (Å²) in [6, 6.07) is 4.95. The molecule has 140 valence electrons. The minimum atomic E-state index is -4.48. The predicted molar refractivity (Wildman–Crippen MR) is 85.8 cm³/mol. The van der Waals surface area contributed by atoms with E-state index in [1.165, 1.54) is 10.6 Å². The number of nitrogens with zero attached hydrogens (tertiary/aromatic N) is 4. The molecule has 11 heteroatoms. The third-order valence-corrected chi connectivity index (χ3v) is 4.21. The average Bonchev–Trinajstić information content (AvgIpc) is 2.99. The molecule has 8 nitrogen and oxygen atoms in total. The van der Waals surface area contributed by atoms with Crippen LogP contribution in [0.2, 0.25) is 0 Å². The quantitative estimate of drug-likeness (QED) is 0.657. The van der Waals surface area contributed by atoms with E-state index in [4.69, 9.17) is 0 Å². The van der Waals surface area contributed by atoms with E-state index in [-0.39, 0.29) is 18.2 Å². The van der Waals surface area contributed by atoms with Crippen LogP contribution in [0.5, 0.6) is 0 Å². The van der Waals surface area contributed by atoms with E-state index in [0.717, 1.165) is 0 Å². The first kappa shape index (κ1) is 18.0. The number of anilines is 1. The van der Waals surface area contributed by atoms with Crippen LogP contribution in [0.4, 0.5) is 24.8 Å². The normalized spacial score (nSPS) is 18.1. The SMILES string of the molecule is O=C(NCC(F)(F)F)C1CCCN(c2nc3ccccn3c2[N+](=O)[O-])C1. The number of carbonyl (C=O) groups is 1. The smallest absolute Gasteiger partial charge is 0.358 e. The number of amides is 1. The third kappa shape index (κ3) is 3.70. The highest BCUT2D eigenvalue weighted by molar-refractivity contribution is 5.80. The van der Waals surface area contributed by atoms with E-state index in [2.05, 4.69) is 4.98 Å².